The van der Waals surface area contributed by atoms with Crippen LogP contribution in [0, 0.1) is 10.1 Å². The maximum atomic E-state index is 12.7. The first-order valence-corrected chi connectivity index (χ1v) is 9.02. The minimum absolute atomic E-state index is 0.0635. The van der Waals surface area contributed by atoms with Gasteiger partial charge in [-0.25, -0.2) is 8.42 Å². The number of benzene rings is 2. The SMILES string of the molecule is O=[N+]([O-])c1ccc2c(c1)oc1ccc(S(=O)(=O)N3CCCC3)cc12. The minimum Gasteiger partial charge on any atom is -0.456 e. The molecule has 2 aromatic carbocycles. The summed E-state index contributed by atoms with van der Waals surface area (Å²) in [5.74, 6) is 0. The molecule has 0 N–H and O–H groups in total. The van der Waals surface area contributed by atoms with Gasteiger partial charge in [0.25, 0.3) is 5.69 Å². The van der Waals surface area contributed by atoms with E-state index in [9.17, 15) is 18.5 Å². The Kier molecular flexibility index (Phi) is 3.33. The molecular weight excluding hydrogens is 332 g/mol. The highest BCUT2D eigenvalue weighted by Gasteiger charge is 2.27. The Bertz CT molecular complexity index is 1060. The number of sulfonamides is 1. The van der Waals surface area contributed by atoms with Gasteiger partial charge in [0.2, 0.25) is 10.0 Å². The van der Waals surface area contributed by atoms with Crippen molar-refractivity contribution in [2.75, 3.05) is 13.1 Å². The van der Waals surface area contributed by atoms with Crippen LogP contribution in [0.15, 0.2) is 45.7 Å². The molecule has 0 amide bonds. The molecule has 4 rings (SSSR count). The summed E-state index contributed by atoms with van der Waals surface area (Å²) in [5, 5.41) is 12.2. The molecule has 7 nitrogen and oxygen atoms in total. The Morgan fingerprint density at radius 1 is 1.00 bits per heavy atom. The van der Waals surface area contributed by atoms with Gasteiger partial charge in [0, 0.05) is 29.9 Å². The van der Waals surface area contributed by atoms with E-state index in [4.69, 9.17) is 4.42 Å². The summed E-state index contributed by atoms with van der Waals surface area (Å²) in [7, 11) is -3.51. The lowest BCUT2D eigenvalue weighted by atomic mass is 10.1. The van der Waals surface area contributed by atoms with Gasteiger partial charge in [0.1, 0.15) is 11.2 Å². The predicted octanol–water partition coefficient (Wildman–Crippen LogP) is 3.28. The molecule has 0 bridgehead atoms. The Morgan fingerprint density at radius 3 is 2.46 bits per heavy atom. The molecule has 0 saturated carbocycles. The fourth-order valence-corrected chi connectivity index (χ4v) is 4.64. The van der Waals surface area contributed by atoms with Crippen LogP contribution in [-0.2, 0) is 10.0 Å². The minimum atomic E-state index is -3.51. The van der Waals surface area contributed by atoms with Gasteiger partial charge in [-0.2, -0.15) is 4.31 Å². The van der Waals surface area contributed by atoms with E-state index in [0.29, 0.717) is 35.0 Å². The smallest absolute Gasteiger partial charge is 0.273 e. The number of nitro benzene ring substituents is 1. The number of rotatable bonds is 3. The third-order valence-electron chi connectivity index (χ3n) is 4.34. The number of hydrogen-bond donors (Lipinski definition) is 0. The maximum Gasteiger partial charge on any atom is 0.273 e. The number of hydrogen-bond acceptors (Lipinski definition) is 5. The van der Waals surface area contributed by atoms with E-state index in [1.165, 1.54) is 22.5 Å². The van der Waals surface area contributed by atoms with E-state index in [-0.39, 0.29) is 10.6 Å². The maximum absolute atomic E-state index is 12.7. The van der Waals surface area contributed by atoms with E-state index in [1.807, 2.05) is 0 Å². The van der Waals surface area contributed by atoms with Crippen LogP contribution in [0.1, 0.15) is 12.8 Å². The molecular formula is C16H14N2O5S. The summed E-state index contributed by atoms with van der Waals surface area (Å²) in [6.45, 7) is 1.08. The van der Waals surface area contributed by atoms with Gasteiger partial charge >= 0.3 is 0 Å². The molecule has 0 aliphatic carbocycles. The first-order valence-electron chi connectivity index (χ1n) is 7.58. The molecule has 1 saturated heterocycles. The highest BCUT2D eigenvalue weighted by Crippen LogP contribution is 2.33. The Hall–Kier alpha value is -2.45. The largest absolute Gasteiger partial charge is 0.456 e. The molecule has 0 atom stereocenters. The van der Waals surface area contributed by atoms with Crippen LogP contribution in [0.2, 0.25) is 0 Å². The van der Waals surface area contributed by atoms with Crippen molar-refractivity contribution in [3.63, 3.8) is 0 Å². The molecule has 124 valence electrons. The van der Waals surface area contributed by atoms with Gasteiger partial charge in [0.15, 0.2) is 0 Å². The lowest BCUT2D eigenvalue weighted by Gasteiger charge is -2.15. The third kappa shape index (κ3) is 2.26. The number of nitrogens with zero attached hydrogens (tertiary/aromatic N) is 2. The number of nitro groups is 1. The predicted molar refractivity (Wildman–Crippen MR) is 88.4 cm³/mol. The molecule has 2 heterocycles. The van der Waals surface area contributed by atoms with Crippen molar-refractivity contribution in [2.24, 2.45) is 0 Å². The van der Waals surface area contributed by atoms with E-state index in [0.717, 1.165) is 12.8 Å². The average Bonchev–Trinajstić information content (AvgIpc) is 3.21. The van der Waals surface area contributed by atoms with E-state index < -0.39 is 14.9 Å². The van der Waals surface area contributed by atoms with Crippen molar-refractivity contribution in [1.29, 1.82) is 0 Å². The Morgan fingerprint density at radius 2 is 1.75 bits per heavy atom. The van der Waals surface area contributed by atoms with Crippen molar-refractivity contribution in [1.82, 2.24) is 4.31 Å². The average molecular weight is 346 g/mol. The van der Waals surface area contributed by atoms with Crippen molar-refractivity contribution >= 4 is 37.6 Å². The van der Waals surface area contributed by atoms with Crippen molar-refractivity contribution in [3.05, 3.63) is 46.5 Å². The van der Waals surface area contributed by atoms with Crippen LogP contribution >= 0.6 is 0 Å². The zero-order valence-electron chi connectivity index (χ0n) is 12.6. The molecule has 3 aromatic rings. The number of furan rings is 1. The van der Waals surface area contributed by atoms with Crippen LogP contribution in [0.5, 0.6) is 0 Å². The summed E-state index contributed by atoms with van der Waals surface area (Å²) >= 11 is 0. The number of non-ortho nitro benzene ring substituents is 1. The van der Waals surface area contributed by atoms with Gasteiger partial charge in [-0.3, -0.25) is 10.1 Å². The van der Waals surface area contributed by atoms with Crippen LogP contribution in [-0.4, -0.2) is 30.7 Å². The quantitative estimate of drug-likeness (QED) is 0.536. The summed E-state index contributed by atoms with van der Waals surface area (Å²) in [5.41, 5.74) is 0.812. The lowest BCUT2D eigenvalue weighted by molar-refractivity contribution is -0.384. The Balaban J connectivity index is 1.88. The molecule has 1 aromatic heterocycles. The van der Waals surface area contributed by atoms with Gasteiger partial charge < -0.3 is 4.42 Å². The zero-order valence-corrected chi connectivity index (χ0v) is 13.5. The van der Waals surface area contributed by atoms with Gasteiger partial charge in [-0.1, -0.05) is 0 Å². The van der Waals surface area contributed by atoms with Crippen LogP contribution < -0.4 is 0 Å². The van der Waals surface area contributed by atoms with Gasteiger partial charge in [-0.05, 0) is 37.1 Å². The highest BCUT2D eigenvalue weighted by atomic mass is 32.2. The van der Waals surface area contributed by atoms with E-state index in [1.54, 1.807) is 18.2 Å². The monoisotopic (exact) mass is 346 g/mol. The van der Waals surface area contributed by atoms with E-state index in [2.05, 4.69) is 0 Å². The topological polar surface area (TPSA) is 93.7 Å². The second-order valence-corrected chi connectivity index (χ2v) is 7.75. The zero-order chi connectivity index (χ0) is 16.9. The van der Waals surface area contributed by atoms with Crippen molar-refractivity contribution in [2.45, 2.75) is 17.7 Å². The molecule has 1 aliphatic rings. The summed E-state index contributed by atoms with van der Waals surface area (Å²) in [6, 6.07) is 9.03. The molecule has 8 heteroatoms. The van der Waals surface area contributed by atoms with Crippen LogP contribution in [0.25, 0.3) is 21.9 Å². The van der Waals surface area contributed by atoms with Crippen molar-refractivity contribution < 1.29 is 17.8 Å². The standard InChI is InChI=1S/C16H14N2O5S/c19-18(20)11-3-5-13-14-10-12(4-6-15(14)23-16(13)9-11)24(21,22)17-7-1-2-8-17/h3-6,9-10H,1-2,7-8H2. The second kappa shape index (κ2) is 5.29. The van der Waals surface area contributed by atoms with Crippen LogP contribution in [0.3, 0.4) is 0 Å². The molecule has 1 aliphatic heterocycles. The molecule has 1 fully saturated rings. The van der Waals surface area contributed by atoms with Crippen LogP contribution in [0.4, 0.5) is 5.69 Å². The molecule has 0 unspecified atom stereocenters. The second-order valence-electron chi connectivity index (χ2n) is 5.81. The molecule has 0 radical (unpaired) electrons. The normalized spacial score (nSPS) is 16.2. The summed E-state index contributed by atoms with van der Waals surface area (Å²) < 4.78 is 32.5. The lowest BCUT2D eigenvalue weighted by Crippen LogP contribution is -2.27. The first-order chi connectivity index (χ1) is 11.5. The Labute approximate surface area is 137 Å². The fraction of sp³-hybridized carbons (Fsp3) is 0.250. The van der Waals surface area contributed by atoms with Gasteiger partial charge in [-0.15, -0.1) is 0 Å². The molecule has 24 heavy (non-hydrogen) atoms. The summed E-state index contributed by atoms with van der Waals surface area (Å²) in [4.78, 5) is 10.6. The van der Waals surface area contributed by atoms with E-state index >= 15 is 0 Å². The highest BCUT2D eigenvalue weighted by molar-refractivity contribution is 7.89. The number of fused-ring (bicyclic) bond motifs is 3. The van der Waals surface area contributed by atoms with Crippen molar-refractivity contribution in [3.8, 4) is 0 Å². The molecule has 0 spiro atoms. The van der Waals surface area contributed by atoms with Gasteiger partial charge in [0.05, 0.1) is 15.9 Å². The first kappa shape index (κ1) is 15.1. The third-order valence-corrected chi connectivity index (χ3v) is 6.23. The summed E-state index contributed by atoms with van der Waals surface area (Å²) in [6.07, 6.45) is 1.75. The fourth-order valence-electron chi connectivity index (χ4n) is 3.10.